The molecule has 3 atom stereocenters. The molecule has 0 spiro atoms. The Morgan fingerprint density at radius 2 is 1.70 bits per heavy atom. The lowest BCUT2D eigenvalue weighted by Gasteiger charge is -2.32. The van der Waals surface area contributed by atoms with E-state index in [0.29, 0.717) is 43.3 Å². The van der Waals surface area contributed by atoms with Gasteiger partial charge in [-0.25, -0.2) is 4.39 Å². The lowest BCUT2D eigenvalue weighted by atomic mass is 9.92. The Morgan fingerprint density at radius 3 is 2.41 bits per heavy atom. The summed E-state index contributed by atoms with van der Waals surface area (Å²) in [5.74, 6) is -0.511. The Kier molecular flexibility index (Phi) is 6.71. The first-order chi connectivity index (χ1) is 13.2. The highest BCUT2D eigenvalue weighted by Gasteiger charge is 2.33. The number of carbonyl (C=O) groups excluding carboxylic acids is 2. The van der Waals surface area contributed by atoms with Gasteiger partial charge in [0.25, 0.3) is 0 Å². The van der Waals surface area contributed by atoms with Crippen LogP contribution in [0.3, 0.4) is 0 Å². The molecule has 0 aliphatic heterocycles. The normalized spacial score (nSPS) is 22.4. The first-order valence-electron chi connectivity index (χ1n) is 9.17. The molecule has 3 rings (SSSR count). The molecule has 5 heteroatoms. The van der Waals surface area contributed by atoms with Gasteiger partial charge in [0.05, 0.1) is 18.6 Å². The van der Waals surface area contributed by atoms with Gasteiger partial charge in [0.1, 0.15) is 30.6 Å². The third-order valence-corrected chi connectivity index (χ3v) is 4.84. The summed E-state index contributed by atoms with van der Waals surface area (Å²) >= 11 is 0. The van der Waals surface area contributed by atoms with Crippen molar-refractivity contribution in [1.29, 1.82) is 0 Å². The van der Waals surface area contributed by atoms with Gasteiger partial charge in [0.15, 0.2) is 0 Å². The zero-order chi connectivity index (χ0) is 19.1. The van der Waals surface area contributed by atoms with E-state index in [1.165, 1.54) is 0 Å². The van der Waals surface area contributed by atoms with Crippen LogP contribution in [-0.2, 0) is 20.9 Å². The van der Waals surface area contributed by atoms with Crippen molar-refractivity contribution in [1.82, 2.24) is 0 Å². The summed E-state index contributed by atoms with van der Waals surface area (Å²) in [6, 6.07) is 16.6. The molecule has 1 aliphatic rings. The van der Waals surface area contributed by atoms with Crippen molar-refractivity contribution in [2.75, 3.05) is 0 Å². The Morgan fingerprint density at radius 1 is 1.00 bits per heavy atom. The van der Waals surface area contributed by atoms with Gasteiger partial charge in [0, 0.05) is 12.0 Å². The molecule has 0 radical (unpaired) electrons. The van der Waals surface area contributed by atoms with E-state index in [1.54, 1.807) is 24.3 Å². The number of ether oxygens (including phenoxy) is 2. The number of rotatable bonds is 8. The predicted molar refractivity (Wildman–Crippen MR) is 99.5 cm³/mol. The van der Waals surface area contributed by atoms with Gasteiger partial charge in [-0.3, -0.25) is 0 Å². The summed E-state index contributed by atoms with van der Waals surface area (Å²) in [6.45, 7) is 0.465. The monoisotopic (exact) mass is 370 g/mol. The average molecular weight is 370 g/mol. The maximum Gasteiger partial charge on any atom is 0.139 e. The van der Waals surface area contributed by atoms with E-state index in [0.717, 1.165) is 5.56 Å². The summed E-state index contributed by atoms with van der Waals surface area (Å²) in [4.78, 5) is 22.2. The molecule has 1 saturated carbocycles. The zero-order valence-corrected chi connectivity index (χ0v) is 15.0. The molecule has 0 amide bonds. The Balaban J connectivity index is 1.58. The Bertz CT molecular complexity index is 741. The van der Waals surface area contributed by atoms with Crippen molar-refractivity contribution >= 4 is 12.6 Å². The van der Waals surface area contributed by atoms with Gasteiger partial charge in [-0.2, -0.15) is 0 Å². The molecule has 0 saturated heterocycles. The van der Waals surface area contributed by atoms with Crippen LogP contribution in [0, 0.1) is 0 Å². The molecule has 0 heterocycles. The standard InChI is InChI=1S/C22H23FO4/c23-20-12-18(26-15-16-6-2-1-3-7-16)10-11-22(20)27-21-9-5-4-8-19(21)17(13-24)14-25/h1-9,13-14,17-18,20,22H,10-12,15H2. The van der Waals surface area contributed by atoms with Gasteiger partial charge in [-0.05, 0) is 24.5 Å². The van der Waals surface area contributed by atoms with Crippen molar-refractivity contribution in [2.45, 2.75) is 50.2 Å². The smallest absolute Gasteiger partial charge is 0.139 e. The van der Waals surface area contributed by atoms with Gasteiger partial charge in [-0.15, -0.1) is 0 Å². The predicted octanol–water partition coefficient (Wildman–Crippen LogP) is 4.02. The largest absolute Gasteiger partial charge is 0.487 e. The first kappa shape index (κ1) is 19.2. The second-order valence-corrected chi connectivity index (χ2v) is 6.74. The SMILES string of the molecule is O=CC(C=O)c1ccccc1OC1CCC(OCc2ccccc2)CC1F. The van der Waals surface area contributed by atoms with E-state index in [-0.39, 0.29) is 12.5 Å². The van der Waals surface area contributed by atoms with Crippen LogP contribution >= 0.6 is 0 Å². The molecular formula is C22H23FO4. The van der Waals surface area contributed by atoms with E-state index in [9.17, 15) is 14.0 Å². The van der Waals surface area contributed by atoms with Gasteiger partial charge < -0.3 is 19.1 Å². The van der Waals surface area contributed by atoms with E-state index in [1.807, 2.05) is 30.3 Å². The van der Waals surface area contributed by atoms with E-state index in [4.69, 9.17) is 9.47 Å². The fraction of sp³-hybridized carbons (Fsp3) is 0.364. The van der Waals surface area contributed by atoms with Crippen molar-refractivity contribution in [3.05, 3.63) is 65.7 Å². The lowest BCUT2D eigenvalue weighted by Crippen LogP contribution is -2.38. The first-order valence-corrected chi connectivity index (χ1v) is 9.17. The van der Waals surface area contributed by atoms with Crippen molar-refractivity contribution in [3.63, 3.8) is 0 Å². The van der Waals surface area contributed by atoms with E-state index < -0.39 is 18.2 Å². The highest BCUT2D eigenvalue weighted by molar-refractivity contribution is 5.86. The summed E-state index contributed by atoms with van der Waals surface area (Å²) in [5, 5.41) is 0. The summed E-state index contributed by atoms with van der Waals surface area (Å²) in [6.07, 6.45) is 0.692. The molecule has 3 unspecified atom stereocenters. The Hall–Kier alpha value is -2.53. The fourth-order valence-electron chi connectivity index (χ4n) is 3.33. The van der Waals surface area contributed by atoms with Gasteiger partial charge >= 0.3 is 0 Å². The number of para-hydroxylation sites is 1. The molecule has 0 bridgehead atoms. The number of benzene rings is 2. The third kappa shape index (κ3) is 5.01. The minimum absolute atomic E-state index is 0.145. The van der Waals surface area contributed by atoms with Crippen LogP contribution < -0.4 is 4.74 Å². The number of halogens is 1. The molecule has 1 fully saturated rings. The molecule has 1 aliphatic carbocycles. The minimum Gasteiger partial charge on any atom is -0.487 e. The topological polar surface area (TPSA) is 52.6 Å². The quantitative estimate of drug-likeness (QED) is 0.520. The van der Waals surface area contributed by atoms with E-state index >= 15 is 0 Å². The summed E-state index contributed by atoms with van der Waals surface area (Å²) < 4.78 is 26.4. The lowest BCUT2D eigenvalue weighted by molar-refractivity contribution is -0.116. The Labute approximate surface area is 158 Å². The summed E-state index contributed by atoms with van der Waals surface area (Å²) in [7, 11) is 0. The van der Waals surface area contributed by atoms with Crippen molar-refractivity contribution in [3.8, 4) is 5.75 Å². The molecular weight excluding hydrogens is 347 g/mol. The van der Waals surface area contributed by atoms with Crippen molar-refractivity contribution in [2.24, 2.45) is 0 Å². The van der Waals surface area contributed by atoms with E-state index in [2.05, 4.69) is 0 Å². The minimum atomic E-state index is -1.17. The maximum absolute atomic E-state index is 14.7. The van der Waals surface area contributed by atoms with Crippen LogP contribution in [0.4, 0.5) is 4.39 Å². The van der Waals surface area contributed by atoms with Gasteiger partial charge in [0.2, 0.25) is 0 Å². The molecule has 27 heavy (non-hydrogen) atoms. The summed E-state index contributed by atoms with van der Waals surface area (Å²) in [5.41, 5.74) is 1.53. The second-order valence-electron chi connectivity index (χ2n) is 6.74. The second kappa shape index (κ2) is 9.42. The fourth-order valence-corrected chi connectivity index (χ4v) is 3.33. The van der Waals surface area contributed by atoms with Crippen LogP contribution in [0.2, 0.25) is 0 Å². The van der Waals surface area contributed by atoms with Crippen LogP contribution in [0.15, 0.2) is 54.6 Å². The maximum atomic E-state index is 14.7. The zero-order valence-electron chi connectivity index (χ0n) is 15.0. The van der Waals surface area contributed by atoms with Crippen LogP contribution in [0.1, 0.15) is 36.3 Å². The number of alkyl halides is 1. The van der Waals surface area contributed by atoms with Crippen LogP contribution in [0.25, 0.3) is 0 Å². The van der Waals surface area contributed by atoms with Crippen LogP contribution in [0.5, 0.6) is 5.75 Å². The van der Waals surface area contributed by atoms with Crippen molar-refractivity contribution < 1.29 is 23.5 Å². The molecule has 2 aromatic carbocycles. The highest BCUT2D eigenvalue weighted by atomic mass is 19.1. The highest BCUT2D eigenvalue weighted by Crippen LogP contribution is 2.31. The van der Waals surface area contributed by atoms with Crippen LogP contribution in [-0.4, -0.2) is 31.0 Å². The molecule has 0 aromatic heterocycles. The van der Waals surface area contributed by atoms with Gasteiger partial charge in [-0.1, -0.05) is 48.5 Å². The number of hydrogen-bond donors (Lipinski definition) is 0. The molecule has 142 valence electrons. The average Bonchev–Trinajstić information content (AvgIpc) is 2.71. The number of carbonyl (C=O) groups is 2. The molecule has 0 N–H and O–H groups in total. The third-order valence-electron chi connectivity index (χ3n) is 4.84. The number of hydrogen-bond acceptors (Lipinski definition) is 4. The number of aldehydes is 2. The molecule has 2 aromatic rings. The molecule has 4 nitrogen and oxygen atoms in total.